The maximum Gasteiger partial charge on any atom is 0.416 e. The summed E-state index contributed by atoms with van der Waals surface area (Å²) in [6.07, 6.45) is -19.8. The molecule has 2 aliphatic carbocycles. The third-order valence-corrected chi connectivity index (χ3v) is 17.0. The fraction of sp³-hybridized carbons (Fsp3) is 0.378. The quantitative estimate of drug-likeness (QED) is 0.0295. The van der Waals surface area contributed by atoms with Crippen LogP contribution in [0, 0.1) is 18.6 Å². The molecule has 0 spiro atoms. The topological polar surface area (TPSA) is 117 Å². The Hall–Kier alpha value is -7.92. The van der Waals surface area contributed by atoms with E-state index < -0.39 is 252 Å². The second kappa shape index (κ2) is 32.9. The summed E-state index contributed by atoms with van der Waals surface area (Å²) in [7, 11) is 0. The molecule has 2 amide bonds. The van der Waals surface area contributed by atoms with Crippen molar-refractivity contribution in [1.29, 1.82) is 0 Å². The van der Waals surface area contributed by atoms with Gasteiger partial charge in [-0.2, -0.15) is 36.3 Å². The lowest BCUT2D eigenvalue weighted by atomic mass is 9.98. The third kappa shape index (κ3) is 18.6. The van der Waals surface area contributed by atoms with Crippen LogP contribution in [-0.2, 0) is 78.5 Å². The Bertz CT molecular complexity index is 5500. The van der Waals surface area contributed by atoms with Crippen molar-refractivity contribution in [3.8, 4) is 22.3 Å². The molecule has 0 bridgehead atoms. The van der Waals surface area contributed by atoms with E-state index in [0.29, 0.717) is 29.5 Å². The number of benzene rings is 6. The van der Waals surface area contributed by atoms with Crippen LogP contribution in [0.4, 0.5) is 35.1 Å². The van der Waals surface area contributed by atoms with Gasteiger partial charge in [-0.05, 0) is 171 Å². The number of hydrogen-bond donors (Lipinski definition) is 0. The maximum atomic E-state index is 15.1. The van der Waals surface area contributed by atoms with Crippen molar-refractivity contribution in [3.63, 3.8) is 0 Å². The summed E-state index contributed by atoms with van der Waals surface area (Å²) in [5.41, 5.74) is -10.2. The van der Waals surface area contributed by atoms with Gasteiger partial charge in [0.05, 0.1) is 41.8 Å². The molecular formula is C74H80F8N8O4S2. The molecule has 0 aliphatic heterocycles. The van der Waals surface area contributed by atoms with E-state index in [-0.39, 0.29) is 75.0 Å². The van der Waals surface area contributed by atoms with E-state index in [1.54, 1.807) is 30.9 Å². The number of alkyl halides is 6. The Labute approximate surface area is 603 Å². The van der Waals surface area contributed by atoms with E-state index in [2.05, 4.69) is 9.97 Å². The first kappa shape index (κ1) is 43.4. The van der Waals surface area contributed by atoms with Gasteiger partial charge >= 0.3 is 12.4 Å². The van der Waals surface area contributed by atoms with Crippen LogP contribution in [0.5, 0.6) is 0 Å². The number of carbonyl (C=O) groups is 2. The third-order valence-electron chi connectivity index (χ3n) is 15.0. The van der Waals surface area contributed by atoms with Gasteiger partial charge in [0.25, 0.3) is 11.1 Å². The highest BCUT2D eigenvalue weighted by Gasteiger charge is 2.34. The fourth-order valence-electron chi connectivity index (χ4n) is 9.79. The van der Waals surface area contributed by atoms with Gasteiger partial charge in [0.2, 0.25) is 11.8 Å². The minimum absolute atomic E-state index is 0.0467. The van der Waals surface area contributed by atoms with E-state index in [0.717, 1.165) is 59.0 Å². The SMILES string of the molecule is [2H]C([2H])(C)N(CCN(C(=O)C([2H])([2H])n1c(SCc2ccc(F)cc2)nc(=O)c2c1CCC2)C([2H])(C)c1ccc(-c2ccc(C(F)(F)F)cc2)cc1)C([2H])([2H])C.[2H]c1c([2H])c(CSc2nc(=O)c3c(n2C([2H])([2H])C(=O)N(CCN(CC)CC)C([2H])([2H])c2c([2H])c([2H])c(-c4c([2H])c([2H])c(C(F)(F)F)c(C)c4[2H])c([2H])c2[2H])C([2H])([2H])C([2H])([2H])C3([2H])[2H])c([2H])c([2H])c1F. The van der Waals surface area contributed by atoms with Crippen molar-refractivity contribution in [2.24, 2.45) is 0 Å². The minimum atomic E-state index is -5.24. The summed E-state index contributed by atoms with van der Waals surface area (Å²) in [6, 6.07) is 0.589. The van der Waals surface area contributed by atoms with E-state index >= 15 is 4.79 Å². The number of carbonyl (C=O) groups excluding carboxylic acids is 2. The Morgan fingerprint density at radius 1 is 0.615 bits per heavy atom. The number of thioether (sulfide) groups is 2. The summed E-state index contributed by atoms with van der Waals surface area (Å²) in [5, 5.41) is -1.22. The summed E-state index contributed by atoms with van der Waals surface area (Å²) in [4.78, 5) is 67.9. The van der Waals surface area contributed by atoms with E-state index in [1.165, 1.54) is 55.5 Å². The standard InChI is InChI=1S/2C37H40F4N4O2S/c1-4-43(5-2)21-22-44(25(3)27-11-13-28(14-12-27)29-15-17-30(18-16-29)37(39,40)41)34(46)23-45-33-8-6-7-32(33)35(47)42-36(45)48-24-26-9-19-31(38)20-10-26;1-4-43(5-2)19-20-44(22-26-9-13-28(14-10-26)29-15-18-32(25(3)21-29)37(39,40)41)34(46)23-45-33-8-6-7-31(33)35(47)42-36(45)48-24-27-11-16-30(38)17-12-27/h9-20,25H,4-8,21-24H2,1-3H3;9-18,21H,4-8,19-20,22-24H2,1-3H3/i4D2,5D2,23D2,25D;6D2,7D2,8D2,9D,10D,11D,12D,13D,14D,15D,16D,17D,18D,21D,22D2,23D2. The first-order valence-corrected chi connectivity index (χ1v) is 31.6. The van der Waals surface area contributed by atoms with Crippen LogP contribution in [0.15, 0.2) is 159 Å². The number of rotatable bonds is 26. The number of halogens is 8. The maximum absolute atomic E-state index is 15.1. The summed E-state index contributed by atoms with van der Waals surface area (Å²) in [6.45, 7) is -9.42. The molecule has 12 nitrogen and oxygen atoms in total. The molecule has 8 aromatic rings. The van der Waals surface area contributed by atoms with Crippen LogP contribution < -0.4 is 11.1 Å². The monoisotopic (exact) mass is 1390 g/mol. The lowest BCUT2D eigenvalue weighted by Gasteiger charge is -2.33. The van der Waals surface area contributed by atoms with Crippen molar-refractivity contribution < 1.29 is 83.1 Å². The lowest BCUT2D eigenvalue weighted by Crippen LogP contribution is -2.42. The zero-order valence-electron chi connectivity index (χ0n) is 80.3. The van der Waals surface area contributed by atoms with Gasteiger partial charge in [-0.15, -0.1) is 0 Å². The number of nitrogens with zero attached hydrogens (tertiary/aromatic N) is 8. The zero-order valence-corrected chi connectivity index (χ0v) is 53.9. The first-order valence-electron chi connectivity index (χ1n) is 43.6. The normalized spacial score (nSPS) is 20.0. The Morgan fingerprint density at radius 3 is 1.78 bits per heavy atom. The molecule has 1 unspecified atom stereocenters. The molecular weight excluding hydrogens is 1280 g/mol. The van der Waals surface area contributed by atoms with Crippen LogP contribution in [0.25, 0.3) is 22.3 Å². The average Bonchev–Trinajstić information content (AvgIpc) is 1.51. The van der Waals surface area contributed by atoms with Crippen molar-refractivity contribution in [1.82, 2.24) is 38.7 Å². The molecule has 2 heterocycles. The number of likely N-dealkylation sites (N-methyl/N-ethyl adjacent to an activating group) is 2. The molecule has 0 saturated carbocycles. The Balaban J connectivity index is 0.000000288. The largest absolute Gasteiger partial charge is 0.416 e. The molecule has 2 aliphatic rings. The molecule has 0 radical (unpaired) electrons. The van der Waals surface area contributed by atoms with Gasteiger partial charge in [0.1, 0.15) is 24.6 Å². The van der Waals surface area contributed by atoms with E-state index in [4.69, 9.17) is 28.8 Å². The van der Waals surface area contributed by atoms with Gasteiger partial charge in [0.15, 0.2) is 10.3 Å². The van der Waals surface area contributed by atoms with E-state index in [1.807, 2.05) is 0 Å². The molecule has 22 heteroatoms. The molecule has 2 aromatic heterocycles. The minimum Gasteiger partial charge on any atom is -0.336 e. The van der Waals surface area contributed by atoms with Crippen LogP contribution in [0.3, 0.4) is 0 Å². The summed E-state index contributed by atoms with van der Waals surface area (Å²) < 4.78 is 354. The molecule has 10 rings (SSSR count). The second-order valence-corrected chi connectivity index (χ2v) is 22.9. The van der Waals surface area contributed by atoms with Crippen LogP contribution in [-0.4, -0.2) is 103 Å². The molecule has 0 N–H and O–H groups in total. The van der Waals surface area contributed by atoms with Crippen molar-refractivity contribution >= 4 is 35.3 Å². The second-order valence-electron chi connectivity index (χ2n) is 21.1. The van der Waals surface area contributed by atoms with Gasteiger partial charge in [-0.25, -0.2) is 8.78 Å². The molecule has 0 saturated heterocycles. The summed E-state index contributed by atoms with van der Waals surface area (Å²) >= 11 is 1.09. The van der Waals surface area contributed by atoms with Crippen molar-refractivity contribution in [3.05, 3.63) is 233 Å². The Kier molecular flexibility index (Phi) is 14.9. The van der Waals surface area contributed by atoms with Gasteiger partial charge in [-0.3, -0.25) is 19.2 Å². The zero-order chi connectivity index (χ0) is 93.7. The highest BCUT2D eigenvalue weighted by molar-refractivity contribution is 7.98. The number of aromatic nitrogens is 4. The molecule has 0 fully saturated rings. The lowest BCUT2D eigenvalue weighted by molar-refractivity contribution is -0.138. The molecule has 96 heavy (non-hydrogen) atoms. The van der Waals surface area contributed by atoms with Crippen LogP contribution in [0.2, 0.25) is 0 Å². The van der Waals surface area contributed by atoms with Crippen molar-refractivity contribution in [2.45, 2.75) is 140 Å². The highest BCUT2D eigenvalue weighted by Crippen LogP contribution is 2.36. The van der Waals surface area contributed by atoms with Gasteiger partial charge in [0, 0.05) is 80.4 Å². The van der Waals surface area contributed by atoms with E-state index in [9.17, 15) is 59.1 Å². The number of fused-ring (bicyclic) bond motifs is 2. The molecule has 1 atom stereocenters. The molecule has 6 aromatic carbocycles. The number of hydrogen-bond acceptors (Lipinski definition) is 10. The smallest absolute Gasteiger partial charge is 0.336 e. The van der Waals surface area contributed by atoms with Gasteiger partial charge in [-0.1, -0.05) is 148 Å². The fourth-order valence-corrected chi connectivity index (χ4v) is 11.5. The van der Waals surface area contributed by atoms with Crippen LogP contribution in [0.1, 0.15) is 153 Å². The average molecular weight is 1390 g/mol. The number of amides is 2. The van der Waals surface area contributed by atoms with Crippen molar-refractivity contribution in [2.75, 3.05) is 52.3 Å². The Morgan fingerprint density at radius 2 is 1.18 bits per heavy atom. The summed E-state index contributed by atoms with van der Waals surface area (Å²) in [5.74, 6) is -6.08. The highest BCUT2D eigenvalue weighted by atomic mass is 32.2. The molecule has 508 valence electrons. The van der Waals surface area contributed by atoms with Gasteiger partial charge < -0.3 is 28.7 Å². The van der Waals surface area contributed by atoms with Crippen LogP contribution >= 0.6 is 23.5 Å². The predicted octanol–water partition coefficient (Wildman–Crippen LogP) is 15.3. The first-order chi connectivity index (χ1) is 56.8. The predicted molar refractivity (Wildman–Crippen MR) is 363 cm³/mol.